The van der Waals surface area contributed by atoms with E-state index in [1.54, 1.807) is 21.3 Å². The van der Waals surface area contributed by atoms with E-state index in [0.717, 1.165) is 6.04 Å². The van der Waals surface area contributed by atoms with Gasteiger partial charge in [0, 0.05) is 27.4 Å². The first kappa shape index (κ1) is 13.1. The summed E-state index contributed by atoms with van der Waals surface area (Å²) in [5.74, 6) is 0. The fourth-order valence-electron chi connectivity index (χ4n) is 0.683. The van der Waals surface area contributed by atoms with Gasteiger partial charge in [-0.1, -0.05) is 6.92 Å². The molecule has 0 atom stereocenters. The quantitative estimate of drug-likeness (QED) is 0.610. The van der Waals surface area contributed by atoms with Crippen molar-refractivity contribution in [1.82, 2.24) is 0 Å². The first-order valence-corrected chi connectivity index (χ1v) is 4.83. The van der Waals surface area contributed by atoms with E-state index in [-0.39, 0.29) is 13.5 Å². The van der Waals surface area contributed by atoms with Gasteiger partial charge >= 0.3 is 8.80 Å². The van der Waals surface area contributed by atoms with E-state index >= 15 is 0 Å². The van der Waals surface area contributed by atoms with Crippen molar-refractivity contribution >= 4 is 22.3 Å². The molecular weight excluding hydrogens is 168 g/mol. The van der Waals surface area contributed by atoms with Crippen LogP contribution in [0.3, 0.4) is 0 Å². The first-order valence-electron chi connectivity index (χ1n) is 2.90. The van der Waals surface area contributed by atoms with Crippen LogP contribution in [-0.4, -0.2) is 30.1 Å². The lowest BCUT2D eigenvalue weighted by molar-refractivity contribution is 0.125. The standard InChI is InChI=1S/C5H14O3Si.H2S/c1-5-9(6-2,7-3)8-4;/h5H2,1-4H3;1H2. The van der Waals surface area contributed by atoms with Crippen LogP contribution < -0.4 is 0 Å². The third-order valence-electron chi connectivity index (χ3n) is 1.37. The van der Waals surface area contributed by atoms with Crippen molar-refractivity contribution in [3.8, 4) is 0 Å². The Labute approximate surface area is 70.5 Å². The maximum absolute atomic E-state index is 5.08. The molecule has 0 unspecified atom stereocenters. The second kappa shape index (κ2) is 6.18. The second-order valence-corrected chi connectivity index (χ2v) is 4.95. The second-order valence-electron chi connectivity index (χ2n) is 1.65. The summed E-state index contributed by atoms with van der Waals surface area (Å²) in [7, 11) is 2.65. The van der Waals surface area contributed by atoms with Gasteiger partial charge in [0.15, 0.2) is 0 Å². The molecule has 64 valence electrons. The summed E-state index contributed by atoms with van der Waals surface area (Å²) in [6.07, 6.45) is 0. The van der Waals surface area contributed by atoms with Crippen LogP contribution in [0.1, 0.15) is 6.92 Å². The Bertz CT molecular complexity index is 59.8. The minimum absolute atomic E-state index is 0. The highest BCUT2D eigenvalue weighted by Crippen LogP contribution is 2.10. The van der Waals surface area contributed by atoms with Gasteiger partial charge < -0.3 is 13.3 Å². The first-order chi connectivity index (χ1) is 4.24. The molecule has 0 rings (SSSR count). The monoisotopic (exact) mass is 184 g/mol. The van der Waals surface area contributed by atoms with Gasteiger partial charge in [0.25, 0.3) is 0 Å². The lowest BCUT2D eigenvalue weighted by Gasteiger charge is -2.22. The third kappa shape index (κ3) is 3.02. The van der Waals surface area contributed by atoms with Crippen LogP contribution in [0.2, 0.25) is 6.04 Å². The molecule has 0 radical (unpaired) electrons. The largest absolute Gasteiger partial charge is 0.499 e. The lowest BCUT2D eigenvalue weighted by Crippen LogP contribution is -2.41. The van der Waals surface area contributed by atoms with E-state index in [1.807, 2.05) is 6.92 Å². The van der Waals surface area contributed by atoms with Crippen LogP contribution in [-0.2, 0) is 13.3 Å². The molecule has 0 aromatic rings. The normalized spacial score (nSPS) is 10.8. The van der Waals surface area contributed by atoms with Crippen LogP contribution in [0.5, 0.6) is 0 Å². The Morgan fingerprint density at radius 3 is 1.30 bits per heavy atom. The van der Waals surface area contributed by atoms with E-state index in [9.17, 15) is 0 Å². The Hall–Kier alpha value is 0.447. The Morgan fingerprint density at radius 2 is 1.30 bits per heavy atom. The topological polar surface area (TPSA) is 27.7 Å². The summed E-state index contributed by atoms with van der Waals surface area (Å²) >= 11 is 0. The van der Waals surface area contributed by atoms with Crippen molar-refractivity contribution in [3.05, 3.63) is 0 Å². The fourth-order valence-corrected chi connectivity index (χ4v) is 2.05. The third-order valence-corrected chi connectivity index (χ3v) is 4.10. The van der Waals surface area contributed by atoms with Gasteiger partial charge in [-0.05, 0) is 0 Å². The maximum Gasteiger partial charge on any atom is 0.499 e. The van der Waals surface area contributed by atoms with Gasteiger partial charge in [-0.15, -0.1) is 0 Å². The molecule has 0 spiro atoms. The van der Waals surface area contributed by atoms with E-state index < -0.39 is 8.80 Å². The number of rotatable bonds is 4. The van der Waals surface area contributed by atoms with Crippen LogP contribution >= 0.6 is 13.5 Å². The van der Waals surface area contributed by atoms with Gasteiger partial charge in [-0.25, -0.2) is 0 Å². The molecular formula is C5H16O3SSi. The molecule has 0 aliphatic carbocycles. The zero-order chi connectivity index (χ0) is 7.33. The Balaban J connectivity index is 0. The smallest absolute Gasteiger partial charge is 0.377 e. The molecule has 0 bridgehead atoms. The molecule has 0 amide bonds. The molecule has 0 aromatic heterocycles. The lowest BCUT2D eigenvalue weighted by atomic mass is 11.0. The zero-order valence-electron chi connectivity index (χ0n) is 6.93. The molecule has 0 fully saturated rings. The predicted octanol–water partition coefficient (Wildman–Crippen LogP) is 0.997. The van der Waals surface area contributed by atoms with Gasteiger partial charge in [0.2, 0.25) is 0 Å². The van der Waals surface area contributed by atoms with Crippen molar-refractivity contribution in [2.45, 2.75) is 13.0 Å². The van der Waals surface area contributed by atoms with Crippen LogP contribution in [0.4, 0.5) is 0 Å². The zero-order valence-corrected chi connectivity index (χ0v) is 8.93. The molecule has 3 nitrogen and oxygen atoms in total. The van der Waals surface area contributed by atoms with Gasteiger partial charge in [-0.2, -0.15) is 13.5 Å². The summed E-state index contributed by atoms with van der Waals surface area (Å²) in [5.41, 5.74) is 0. The molecule has 0 aromatic carbocycles. The predicted molar refractivity (Wildman–Crippen MR) is 47.6 cm³/mol. The van der Waals surface area contributed by atoms with E-state index in [1.165, 1.54) is 0 Å². The van der Waals surface area contributed by atoms with Gasteiger partial charge in [0.05, 0.1) is 0 Å². The van der Waals surface area contributed by atoms with E-state index in [2.05, 4.69) is 0 Å². The molecule has 0 saturated carbocycles. The molecule has 5 heteroatoms. The number of hydrogen-bond donors (Lipinski definition) is 0. The SMILES string of the molecule is CC[Si](OC)(OC)OC.S. The summed E-state index contributed by atoms with van der Waals surface area (Å²) in [4.78, 5) is 0. The van der Waals surface area contributed by atoms with Crippen LogP contribution in [0, 0.1) is 0 Å². The van der Waals surface area contributed by atoms with Gasteiger partial charge in [-0.3, -0.25) is 0 Å². The molecule has 0 N–H and O–H groups in total. The summed E-state index contributed by atoms with van der Waals surface area (Å²) < 4.78 is 15.2. The molecule has 0 aliphatic heterocycles. The van der Waals surface area contributed by atoms with Crippen LogP contribution in [0.25, 0.3) is 0 Å². The molecule has 10 heavy (non-hydrogen) atoms. The molecule has 0 saturated heterocycles. The number of hydrogen-bond acceptors (Lipinski definition) is 3. The molecule has 0 aliphatic rings. The highest BCUT2D eigenvalue weighted by Gasteiger charge is 2.34. The average molecular weight is 184 g/mol. The van der Waals surface area contributed by atoms with E-state index in [4.69, 9.17) is 13.3 Å². The minimum atomic E-state index is -2.19. The van der Waals surface area contributed by atoms with Crippen molar-refractivity contribution < 1.29 is 13.3 Å². The summed E-state index contributed by atoms with van der Waals surface area (Å²) in [6.45, 7) is 1.99. The summed E-state index contributed by atoms with van der Waals surface area (Å²) in [6, 6.07) is 0.816. The maximum atomic E-state index is 5.08. The Kier molecular flexibility index (Phi) is 8.07. The Morgan fingerprint density at radius 1 is 1.00 bits per heavy atom. The van der Waals surface area contributed by atoms with Crippen LogP contribution in [0.15, 0.2) is 0 Å². The van der Waals surface area contributed by atoms with E-state index in [0.29, 0.717) is 0 Å². The van der Waals surface area contributed by atoms with Crippen molar-refractivity contribution in [2.75, 3.05) is 21.3 Å². The molecule has 0 heterocycles. The highest BCUT2D eigenvalue weighted by molar-refractivity contribution is 7.59. The van der Waals surface area contributed by atoms with Crippen molar-refractivity contribution in [1.29, 1.82) is 0 Å². The summed E-state index contributed by atoms with van der Waals surface area (Å²) in [5, 5.41) is 0. The van der Waals surface area contributed by atoms with Crippen molar-refractivity contribution in [2.24, 2.45) is 0 Å². The minimum Gasteiger partial charge on any atom is -0.377 e. The highest BCUT2D eigenvalue weighted by atomic mass is 32.1. The van der Waals surface area contributed by atoms with Crippen molar-refractivity contribution in [3.63, 3.8) is 0 Å². The average Bonchev–Trinajstić information content (AvgIpc) is 1.95. The fraction of sp³-hybridized carbons (Fsp3) is 1.00. The van der Waals surface area contributed by atoms with Gasteiger partial charge in [0.1, 0.15) is 0 Å².